The normalized spacial score (nSPS) is 11.6. The van der Waals surface area contributed by atoms with Gasteiger partial charge in [-0.2, -0.15) is 0 Å². The largest absolute Gasteiger partial charge is 0.262 e. The zero-order valence-corrected chi connectivity index (χ0v) is 14.9. The molecule has 0 unspecified atom stereocenters. The lowest BCUT2D eigenvalue weighted by Gasteiger charge is -2.06. The van der Waals surface area contributed by atoms with Crippen molar-refractivity contribution in [2.24, 2.45) is 9.98 Å². The Labute approximate surface area is 146 Å². The van der Waals surface area contributed by atoms with Gasteiger partial charge in [0, 0.05) is 20.6 Å². The fraction of sp³-hybridized carbons (Fsp3) is 0.0588. The highest BCUT2D eigenvalue weighted by atomic mass is 79.9. The van der Waals surface area contributed by atoms with Gasteiger partial charge in [0.05, 0.1) is 17.1 Å². The van der Waals surface area contributed by atoms with Gasteiger partial charge in [-0.15, -0.1) is 22.7 Å². The second-order valence-corrected chi connectivity index (χ2v) is 7.48. The van der Waals surface area contributed by atoms with Gasteiger partial charge < -0.3 is 0 Å². The highest BCUT2D eigenvalue weighted by molar-refractivity contribution is 9.10. The lowest BCUT2D eigenvalue weighted by molar-refractivity contribution is 1.36. The van der Waals surface area contributed by atoms with Crippen LogP contribution in [0.3, 0.4) is 0 Å². The Hall–Kier alpha value is -1.56. The third-order valence-electron chi connectivity index (χ3n) is 3.09. The summed E-state index contributed by atoms with van der Waals surface area (Å²) in [7, 11) is 0. The second kappa shape index (κ2) is 7.13. The van der Waals surface area contributed by atoms with Gasteiger partial charge in [-0.3, -0.25) is 4.99 Å². The van der Waals surface area contributed by atoms with E-state index < -0.39 is 0 Å². The highest BCUT2D eigenvalue weighted by Gasteiger charge is 2.09. The number of hydrogen-bond acceptors (Lipinski definition) is 4. The van der Waals surface area contributed by atoms with Crippen LogP contribution in [-0.2, 0) is 6.42 Å². The van der Waals surface area contributed by atoms with Crippen molar-refractivity contribution in [3.05, 3.63) is 67.5 Å². The summed E-state index contributed by atoms with van der Waals surface area (Å²) in [6, 6.07) is 14.3. The van der Waals surface area contributed by atoms with Crippen LogP contribution < -0.4 is 0 Å². The Bertz CT molecular complexity index is 790. The Balaban J connectivity index is 2.03. The molecule has 1 aromatic carbocycles. The van der Waals surface area contributed by atoms with Crippen LogP contribution in [0.4, 0.5) is 11.4 Å². The molecule has 0 saturated heterocycles. The minimum absolute atomic E-state index is 0.787. The van der Waals surface area contributed by atoms with Gasteiger partial charge in [-0.1, -0.05) is 28.1 Å². The maximum Gasteiger partial charge on any atom is 0.0890 e. The van der Waals surface area contributed by atoms with Crippen molar-refractivity contribution in [3.8, 4) is 0 Å². The third kappa shape index (κ3) is 3.61. The van der Waals surface area contributed by atoms with E-state index >= 15 is 0 Å². The van der Waals surface area contributed by atoms with Crippen LogP contribution >= 0.6 is 38.6 Å². The highest BCUT2D eigenvalue weighted by Crippen LogP contribution is 2.32. The Kier molecular flexibility index (Phi) is 4.97. The first-order valence-corrected chi connectivity index (χ1v) is 9.21. The maximum absolute atomic E-state index is 4.87. The minimum atomic E-state index is 0.787. The molecule has 2 aromatic heterocycles. The van der Waals surface area contributed by atoms with Crippen LogP contribution in [0, 0.1) is 0 Å². The summed E-state index contributed by atoms with van der Waals surface area (Å²) in [5.41, 5.74) is 2.69. The molecule has 2 nitrogen and oxygen atoms in total. The number of halogens is 1. The second-order valence-electron chi connectivity index (χ2n) is 4.58. The first kappa shape index (κ1) is 15.3. The monoisotopic (exact) mass is 388 g/mol. The van der Waals surface area contributed by atoms with E-state index in [2.05, 4.69) is 62.7 Å². The van der Waals surface area contributed by atoms with E-state index in [1.165, 1.54) is 9.75 Å². The lowest BCUT2D eigenvalue weighted by Crippen LogP contribution is -2.01. The Morgan fingerprint density at radius 2 is 1.86 bits per heavy atom. The van der Waals surface area contributed by atoms with Gasteiger partial charge in [-0.05, 0) is 47.8 Å². The molecule has 0 radical (unpaired) electrons. The molecule has 3 rings (SSSR count). The van der Waals surface area contributed by atoms with Crippen molar-refractivity contribution in [1.82, 2.24) is 0 Å². The third-order valence-corrected chi connectivity index (χ3v) is 5.38. The fourth-order valence-corrected chi connectivity index (χ4v) is 3.84. The predicted molar refractivity (Wildman–Crippen MR) is 102 cm³/mol. The molecule has 0 aliphatic carbocycles. The van der Waals surface area contributed by atoms with E-state index in [-0.39, 0.29) is 0 Å². The van der Waals surface area contributed by atoms with E-state index in [0.717, 1.165) is 28.0 Å². The van der Waals surface area contributed by atoms with Crippen LogP contribution in [0.5, 0.6) is 0 Å². The van der Waals surface area contributed by atoms with E-state index in [4.69, 9.17) is 4.99 Å². The van der Waals surface area contributed by atoms with Crippen LogP contribution in [0.25, 0.3) is 0 Å². The van der Waals surface area contributed by atoms with Crippen molar-refractivity contribution >= 4 is 62.4 Å². The minimum Gasteiger partial charge on any atom is -0.262 e. The van der Waals surface area contributed by atoms with E-state index in [1.807, 2.05) is 18.2 Å². The summed E-state index contributed by atoms with van der Waals surface area (Å²) >= 11 is 6.92. The average molecular weight is 389 g/mol. The molecule has 0 aliphatic heterocycles. The molecule has 5 heteroatoms. The molecule has 0 saturated carbocycles. The topological polar surface area (TPSA) is 24.7 Å². The van der Waals surface area contributed by atoms with E-state index in [0.29, 0.717) is 0 Å². The number of thiophene rings is 2. The molecule has 0 aliphatic rings. The van der Waals surface area contributed by atoms with Crippen molar-refractivity contribution in [3.63, 3.8) is 0 Å². The predicted octanol–water partition coefficient (Wildman–Crippen LogP) is 6.27. The summed E-state index contributed by atoms with van der Waals surface area (Å²) in [6.07, 6.45) is 0.824. The molecule has 110 valence electrons. The summed E-state index contributed by atoms with van der Waals surface area (Å²) < 4.78 is 0.977. The summed E-state index contributed by atoms with van der Waals surface area (Å²) in [4.78, 5) is 11.4. The molecule has 0 spiro atoms. The molecule has 22 heavy (non-hydrogen) atoms. The molecule has 0 atom stereocenters. The van der Waals surface area contributed by atoms with Gasteiger partial charge in [0.15, 0.2) is 0 Å². The summed E-state index contributed by atoms with van der Waals surface area (Å²) in [5.74, 6) is 0. The molecule has 3 aromatic rings. The van der Waals surface area contributed by atoms with Gasteiger partial charge >= 0.3 is 0 Å². The molecule has 0 amide bonds. The lowest BCUT2D eigenvalue weighted by atomic mass is 10.2. The summed E-state index contributed by atoms with van der Waals surface area (Å²) in [5, 5.41) is 4.17. The number of aliphatic imine (C=N–C) groups is 2. The van der Waals surface area contributed by atoms with E-state index in [9.17, 15) is 0 Å². The van der Waals surface area contributed by atoms with Crippen molar-refractivity contribution in [2.75, 3.05) is 0 Å². The Morgan fingerprint density at radius 3 is 2.55 bits per heavy atom. The average Bonchev–Trinajstić information content (AvgIpc) is 3.21. The van der Waals surface area contributed by atoms with Gasteiger partial charge in [-0.25, -0.2) is 4.99 Å². The Morgan fingerprint density at radius 1 is 1.05 bits per heavy atom. The standard InChI is InChI=1S/C17H13BrN2S2/c1-19-15-10-12(18)6-7-14(15)20-16(17-5-3-9-22-17)11-13-4-2-8-21-13/h2-10H,1,11H2. The maximum atomic E-state index is 4.87. The smallest absolute Gasteiger partial charge is 0.0890 e. The van der Waals surface area contributed by atoms with Crippen molar-refractivity contribution < 1.29 is 0 Å². The SMILES string of the molecule is C=Nc1cc(Br)ccc1N=C(Cc1cccs1)c1cccs1. The van der Waals surface area contributed by atoms with Gasteiger partial charge in [0.1, 0.15) is 0 Å². The first-order chi connectivity index (χ1) is 10.8. The van der Waals surface area contributed by atoms with Crippen molar-refractivity contribution in [1.29, 1.82) is 0 Å². The van der Waals surface area contributed by atoms with Crippen molar-refractivity contribution in [2.45, 2.75) is 6.42 Å². The van der Waals surface area contributed by atoms with Gasteiger partial charge in [0.2, 0.25) is 0 Å². The van der Waals surface area contributed by atoms with Crippen LogP contribution in [-0.4, -0.2) is 12.4 Å². The molecule has 0 fully saturated rings. The van der Waals surface area contributed by atoms with E-state index in [1.54, 1.807) is 22.7 Å². The fourth-order valence-electron chi connectivity index (χ4n) is 2.07. The van der Waals surface area contributed by atoms with Crippen LogP contribution in [0.2, 0.25) is 0 Å². The van der Waals surface area contributed by atoms with Gasteiger partial charge in [0.25, 0.3) is 0 Å². The molecule has 2 heterocycles. The number of nitrogens with zero attached hydrogens (tertiary/aromatic N) is 2. The molecular formula is C17H13BrN2S2. The first-order valence-electron chi connectivity index (χ1n) is 6.66. The zero-order chi connectivity index (χ0) is 15.4. The van der Waals surface area contributed by atoms with Crippen LogP contribution in [0.15, 0.2) is 67.7 Å². The molecule has 0 bridgehead atoms. The van der Waals surface area contributed by atoms with Crippen LogP contribution in [0.1, 0.15) is 9.75 Å². The number of hydrogen-bond donors (Lipinski definition) is 0. The molecular weight excluding hydrogens is 376 g/mol. The zero-order valence-electron chi connectivity index (χ0n) is 11.7. The summed E-state index contributed by atoms with van der Waals surface area (Å²) in [6.45, 7) is 3.64. The number of rotatable bonds is 5. The quantitative estimate of drug-likeness (QED) is 0.460. The molecule has 0 N–H and O–H groups in total. The number of benzene rings is 1.